The first-order valence-corrected chi connectivity index (χ1v) is 4.88. The molecule has 0 aliphatic carbocycles. The number of hydrogen-bond donors (Lipinski definition) is 0. The van der Waals surface area contributed by atoms with E-state index in [2.05, 4.69) is 15.9 Å². The van der Waals surface area contributed by atoms with Crippen LogP contribution in [0.2, 0.25) is 0 Å². The summed E-state index contributed by atoms with van der Waals surface area (Å²) in [6.45, 7) is 0.553. The van der Waals surface area contributed by atoms with E-state index >= 15 is 0 Å². The zero-order chi connectivity index (χ0) is 10.7. The van der Waals surface area contributed by atoms with Gasteiger partial charge in [-0.05, 0) is 20.2 Å². The molecule has 1 rings (SSSR count). The molecule has 0 atom stereocenters. The SMILES string of the molecule is CN(C)Cc1c(Br)cccc1[N+](=O)[O-]. The van der Waals surface area contributed by atoms with Crippen LogP contribution in [0.4, 0.5) is 5.69 Å². The molecule has 0 aliphatic rings. The Hall–Kier alpha value is -0.940. The minimum atomic E-state index is -0.358. The van der Waals surface area contributed by atoms with Gasteiger partial charge in [0.2, 0.25) is 0 Å². The molecule has 0 aliphatic heterocycles. The molecule has 0 unspecified atom stereocenters. The van der Waals surface area contributed by atoms with Gasteiger partial charge in [0, 0.05) is 17.1 Å². The molecule has 0 radical (unpaired) electrons. The minimum absolute atomic E-state index is 0.160. The van der Waals surface area contributed by atoms with E-state index in [9.17, 15) is 10.1 Å². The largest absolute Gasteiger partial charge is 0.305 e. The van der Waals surface area contributed by atoms with E-state index in [4.69, 9.17) is 0 Å². The molecule has 0 spiro atoms. The average molecular weight is 259 g/mol. The quantitative estimate of drug-likeness (QED) is 0.618. The van der Waals surface area contributed by atoms with Crippen LogP contribution in [0.1, 0.15) is 5.56 Å². The van der Waals surface area contributed by atoms with Gasteiger partial charge in [-0.1, -0.05) is 22.0 Å². The molecule has 0 bridgehead atoms. The highest BCUT2D eigenvalue weighted by Gasteiger charge is 2.16. The molecular weight excluding hydrogens is 248 g/mol. The Bertz CT molecular complexity index is 353. The minimum Gasteiger partial charge on any atom is -0.305 e. The van der Waals surface area contributed by atoms with Crippen molar-refractivity contribution in [2.45, 2.75) is 6.54 Å². The number of nitro groups is 1. The normalized spacial score (nSPS) is 10.6. The van der Waals surface area contributed by atoms with Gasteiger partial charge >= 0.3 is 0 Å². The van der Waals surface area contributed by atoms with Gasteiger partial charge in [-0.3, -0.25) is 10.1 Å². The van der Waals surface area contributed by atoms with E-state index in [0.717, 1.165) is 4.47 Å². The van der Waals surface area contributed by atoms with Crippen LogP contribution in [0.25, 0.3) is 0 Å². The maximum absolute atomic E-state index is 10.7. The van der Waals surface area contributed by atoms with Gasteiger partial charge in [0.25, 0.3) is 5.69 Å². The van der Waals surface area contributed by atoms with Crippen molar-refractivity contribution in [2.24, 2.45) is 0 Å². The number of benzene rings is 1. The molecule has 76 valence electrons. The van der Waals surface area contributed by atoms with E-state index in [1.54, 1.807) is 6.07 Å². The molecule has 1 aromatic rings. The Morgan fingerprint density at radius 2 is 2.14 bits per heavy atom. The number of rotatable bonds is 3. The van der Waals surface area contributed by atoms with E-state index in [1.807, 2.05) is 25.1 Å². The lowest BCUT2D eigenvalue weighted by Crippen LogP contribution is -2.12. The van der Waals surface area contributed by atoms with Crippen LogP contribution < -0.4 is 0 Å². The monoisotopic (exact) mass is 258 g/mol. The number of hydrogen-bond acceptors (Lipinski definition) is 3. The Kier molecular flexibility index (Phi) is 3.60. The summed E-state index contributed by atoms with van der Waals surface area (Å²) in [6.07, 6.45) is 0. The molecule has 4 nitrogen and oxygen atoms in total. The second-order valence-electron chi connectivity index (χ2n) is 3.23. The van der Waals surface area contributed by atoms with Gasteiger partial charge in [-0.15, -0.1) is 0 Å². The number of nitro benzene ring substituents is 1. The van der Waals surface area contributed by atoms with E-state index in [0.29, 0.717) is 12.1 Å². The van der Waals surface area contributed by atoms with E-state index in [-0.39, 0.29) is 10.6 Å². The van der Waals surface area contributed by atoms with Gasteiger partial charge in [-0.25, -0.2) is 0 Å². The Balaban J connectivity index is 3.15. The summed E-state index contributed by atoms with van der Waals surface area (Å²) in [4.78, 5) is 12.3. The maximum Gasteiger partial charge on any atom is 0.275 e. The Morgan fingerprint density at radius 1 is 1.50 bits per heavy atom. The summed E-state index contributed by atoms with van der Waals surface area (Å²) in [6, 6.07) is 5.00. The fourth-order valence-electron chi connectivity index (χ4n) is 1.19. The number of halogens is 1. The predicted octanol–water partition coefficient (Wildman–Crippen LogP) is 2.42. The van der Waals surface area contributed by atoms with Gasteiger partial charge < -0.3 is 4.90 Å². The molecule has 0 N–H and O–H groups in total. The predicted molar refractivity (Wildman–Crippen MR) is 58.2 cm³/mol. The smallest absolute Gasteiger partial charge is 0.275 e. The fraction of sp³-hybridized carbons (Fsp3) is 0.333. The molecule has 14 heavy (non-hydrogen) atoms. The molecule has 0 heterocycles. The topological polar surface area (TPSA) is 46.4 Å². The van der Waals surface area contributed by atoms with Crippen molar-refractivity contribution in [1.29, 1.82) is 0 Å². The molecule has 5 heteroatoms. The van der Waals surface area contributed by atoms with Crippen molar-refractivity contribution in [2.75, 3.05) is 14.1 Å². The van der Waals surface area contributed by atoms with Crippen molar-refractivity contribution in [1.82, 2.24) is 4.90 Å². The van der Waals surface area contributed by atoms with E-state index in [1.165, 1.54) is 6.07 Å². The standard InChI is InChI=1S/C9H11BrN2O2/c1-11(2)6-7-8(10)4-3-5-9(7)12(13)14/h3-5H,6H2,1-2H3. The van der Waals surface area contributed by atoms with Crippen LogP contribution in [0.3, 0.4) is 0 Å². The highest BCUT2D eigenvalue weighted by atomic mass is 79.9. The van der Waals surface area contributed by atoms with Crippen LogP contribution in [0, 0.1) is 10.1 Å². The van der Waals surface area contributed by atoms with Crippen molar-refractivity contribution in [3.63, 3.8) is 0 Å². The molecule has 1 aromatic carbocycles. The van der Waals surface area contributed by atoms with Gasteiger partial charge in [0.05, 0.1) is 10.5 Å². The van der Waals surface area contributed by atoms with Gasteiger partial charge in [-0.2, -0.15) is 0 Å². The highest BCUT2D eigenvalue weighted by Crippen LogP contribution is 2.27. The van der Waals surface area contributed by atoms with Gasteiger partial charge in [0.1, 0.15) is 0 Å². The van der Waals surface area contributed by atoms with Crippen LogP contribution >= 0.6 is 15.9 Å². The maximum atomic E-state index is 10.7. The van der Waals surface area contributed by atoms with Crippen LogP contribution in [0.15, 0.2) is 22.7 Å². The van der Waals surface area contributed by atoms with Crippen molar-refractivity contribution in [3.8, 4) is 0 Å². The molecule has 0 saturated heterocycles. The van der Waals surface area contributed by atoms with Crippen LogP contribution in [-0.4, -0.2) is 23.9 Å². The third kappa shape index (κ3) is 2.52. The fourth-order valence-corrected chi connectivity index (χ4v) is 1.67. The van der Waals surface area contributed by atoms with Crippen LogP contribution in [-0.2, 0) is 6.54 Å². The third-order valence-electron chi connectivity index (χ3n) is 1.77. The van der Waals surface area contributed by atoms with E-state index < -0.39 is 0 Å². The zero-order valence-electron chi connectivity index (χ0n) is 8.03. The zero-order valence-corrected chi connectivity index (χ0v) is 9.61. The van der Waals surface area contributed by atoms with Crippen molar-refractivity contribution in [3.05, 3.63) is 38.3 Å². The highest BCUT2D eigenvalue weighted by molar-refractivity contribution is 9.10. The van der Waals surface area contributed by atoms with Gasteiger partial charge in [0.15, 0.2) is 0 Å². The second kappa shape index (κ2) is 4.52. The summed E-state index contributed by atoms with van der Waals surface area (Å²) in [7, 11) is 3.76. The molecular formula is C9H11BrN2O2. The van der Waals surface area contributed by atoms with Crippen molar-refractivity contribution < 1.29 is 4.92 Å². The molecule has 0 saturated carbocycles. The molecule has 0 amide bonds. The first-order chi connectivity index (χ1) is 6.52. The van der Waals surface area contributed by atoms with Crippen LogP contribution in [0.5, 0.6) is 0 Å². The second-order valence-corrected chi connectivity index (χ2v) is 4.09. The molecule has 0 aromatic heterocycles. The summed E-state index contributed by atoms with van der Waals surface area (Å²) in [5, 5.41) is 10.7. The third-order valence-corrected chi connectivity index (χ3v) is 2.51. The first-order valence-electron chi connectivity index (χ1n) is 4.09. The van der Waals surface area contributed by atoms with Crippen molar-refractivity contribution >= 4 is 21.6 Å². The number of nitrogens with zero attached hydrogens (tertiary/aromatic N) is 2. The lowest BCUT2D eigenvalue weighted by molar-refractivity contribution is -0.385. The molecule has 0 fully saturated rings. The lowest BCUT2D eigenvalue weighted by atomic mass is 10.2. The summed E-state index contributed by atoms with van der Waals surface area (Å²) in [5.74, 6) is 0. The first kappa shape index (κ1) is 11.1. The Labute approximate surface area is 90.8 Å². The average Bonchev–Trinajstić information content (AvgIpc) is 2.07. The summed E-state index contributed by atoms with van der Waals surface area (Å²) >= 11 is 3.31. The summed E-state index contributed by atoms with van der Waals surface area (Å²) in [5.41, 5.74) is 0.871. The summed E-state index contributed by atoms with van der Waals surface area (Å²) < 4.78 is 0.778. The lowest BCUT2D eigenvalue weighted by Gasteiger charge is -2.11. The Morgan fingerprint density at radius 3 is 2.64 bits per heavy atom.